The van der Waals surface area contributed by atoms with Crippen molar-refractivity contribution in [3.63, 3.8) is 0 Å². The van der Waals surface area contributed by atoms with E-state index in [4.69, 9.17) is 0 Å². The summed E-state index contributed by atoms with van der Waals surface area (Å²) in [6.07, 6.45) is -8.62. The molecule has 0 aliphatic heterocycles. The van der Waals surface area contributed by atoms with Gasteiger partial charge < -0.3 is 5.11 Å². The summed E-state index contributed by atoms with van der Waals surface area (Å²) in [4.78, 5) is 23.6. The Morgan fingerprint density at radius 3 is 2.38 bits per heavy atom. The minimum Gasteiger partial charge on any atom is -0.505 e. The van der Waals surface area contributed by atoms with E-state index in [0.717, 1.165) is 10.5 Å². The quantitative estimate of drug-likeness (QED) is 0.441. The van der Waals surface area contributed by atoms with Crippen molar-refractivity contribution < 1.29 is 36.2 Å². The molecule has 0 aromatic carbocycles. The lowest BCUT2D eigenvalue weighted by molar-refractivity contribution is -0.142. The first-order valence-corrected chi connectivity index (χ1v) is 8.59. The Labute approximate surface area is 166 Å². The molecular weight excluding hydrogens is 474 g/mol. The number of imidazole rings is 1. The number of aromatic nitrogens is 4. The Bertz CT molecular complexity index is 1120. The van der Waals surface area contributed by atoms with Gasteiger partial charge in [0.15, 0.2) is 11.4 Å². The fraction of sp³-hybridized carbons (Fsp3) is 0.250. The van der Waals surface area contributed by atoms with Crippen molar-refractivity contribution in [2.75, 3.05) is 0 Å². The number of rotatable bonds is 3. The third-order valence-corrected chi connectivity index (χ3v) is 4.48. The summed E-state index contributed by atoms with van der Waals surface area (Å²) in [5, 5.41) is 9.58. The number of hydrogen-bond acceptors (Lipinski definition) is 5. The summed E-state index contributed by atoms with van der Waals surface area (Å²) < 4.78 is 78.6. The van der Waals surface area contributed by atoms with Crippen molar-refractivity contribution in [1.82, 2.24) is 19.4 Å². The summed E-state index contributed by atoms with van der Waals surface area (Å²) in [7, 11) is 0. The minimum absolute atomic E-state index is 0.0291. The summed E-state index contributed by atoms with van der Waals surface area (Å²) in [6, 6.07) is 0.840. The van der Waals surface area contributed by atoms with Crippen LogP contribution in [0.15, 0.2) is 22.9 Å². The predicted octanol–water partition coefficient (Wildman–Crippen LogP) is 4.42. The van der Waals surface area contributed by atoms with E-state index in [-0.39, 0.29) is 17.9 Å². The minimum atomic E-state index is -5.07. The Balaban J connectivity index is 2.25. The highest BCUT2D eigenvalue weighted by Crippen LogP contribution is 2.39. The van der Waals surface area contributed by atoms with E-state index in [9.17, 15) is 36.2 Å². The molecule has 154 valence electrons. The van der Waals surface area contributed by atoms with Crippen LogP contribution in [0.25, 0.3) is 5.78 Å². The van der Waals surface area contributed by atoms with Crippen molar-refractivity contribution in [3.05, 3.63) is 51.3 Å². The summed E-state index contributed by atoms with van der Waals surface area (Å²) in [6.45, 7) is 1.56. The third-order valence-electron chi connectivity index (χ3n) is 3.88. The number of alkyl halides is 6. The van der Waals surface area contributed by atoms with E-state index in [1.165, 1.54) is 0 Å². The van der Waals surface area contributed by atoms with Gasteiger partial charge in [0.25, 0.3) is 0 Å². The Hall–Kier alpha value is -2.70. The number of hydrogen-bond donors (Lipinski definition) is 1. The molecule has 0 saturated carbocycles. The van der Waals surface area contributed by atoms with Crippen LogP contribution in [-0.4, -0.2) is 30.2 Å². The van der Waals surface area contributed by atoms with Crippen LogP contribution in [0.2, 0.25) is 0 Å². The second-order valence-corrected chi connectivity index (χ2v) is 6.64. The fourth-order valence-electron chi connectivity index (χ4n) is 2.56. The van der Waals surface area contributed by atoms with Gasteiger partial charge in [-0.2, -0.15) is 26.3 Å². The maximum atomic E-state index is 13.1. The van der Waals surface area contributed by atoms with E-state index in [1.54, 1.807) is 6.92 Å². The highest BCUT2D eigenvalue weighted by Gasteiger charge is 2.38. The van der Waals surface area contributed by atoms with Crippen molar-refractivity contribution in [2.45, 2.75) is 25.7 Å². The number of pyridine rings is 1. The van der Waals surface area contributed by atoms with Gasteiger partial charge in [-0.25, -0.2) is 15.0 Å². The van der Waals surface area contributed by atoms with Gasteiger partial charge in [0.2, 0.25) is 11.6 Å². The lowest BCUT2D eigenvalue weighted by Crippen LogP contribution is -2.16. The maximum Gasteiger partial charge on any atom is 0.437 e. The van der Waals surface area contributed by atoms with Gasteiger partial charge in [-0.1, -0.05) is 6.92 Å². The van der Waals surface area contributed by atoms with Crippen LogP contribution in [0.4, 0.5) is 26.3 Å². The Kier molecular flexibility index (Phi) is 5.05. The molecule has 3 rings (SSSR count). The number of ketones is 1. The van der Waals surface area contributed by atoms with Crippen molar-refractivity contribution in [2.24, 2.45) is 0 Å². The predicted molar refractivity (Wildman–Crippen MR) is 89.4 cm³/mol. The van der Waals surface area contributed by atoms with E-state index in [1.807, 2.05) is 0 Å². The molecule has 1 N–H and O–H groups in total. The van der Waals surface area contributed by atoms with Gasteiger partial charge >= 0.3 is 12.4 Å². The molecular formula is C16H9BrF6N4O2. The molecule has 0 fully saturated rings. The normalized spacial score (nSPS) is 12.6. The molecule has 0 spiro atoms. The number of aromatic hydroxyl groups is 1. The molecule has 6 nitrogen and oxygen atoms in total. The number of fused-ring (bicyclic) bond motifs is 1. The van der Waals surface area contributed by atoms with Gasteiger partial charge in [-0.05, 0) is 28.4 Å². The van der Waals surface area contributed by atoms with Crippen LogP contribution in [0, 0.1) is 0 Å². The largest absolute Gasteiger partial charge is 0.505 e. The van der Waals surface area contributed by atoms with Gasteiger partial charge in [0.1, 0.15) is 11.4 Å². The Morgan fingerprint density at radius 1 is 1.17 bits per heavy atom. The van der Waals surface area contributed by atoms with Crippen LogP contribution in [0.3, 0.4) is 0 Å². The SMILES string of the molecule is CCc1nc2ncc(C(F)(F)F)cn2c1C(=O)c1cc(Br)c(O)c(C(F)(F)F)n1. The topological polar surface area (TPSA) is 80.4 Å². The monoisotopic (exact) mass is 482 g/mol. The van der Waals surface area contributed by atoms with Crippen molar-refractivity contribution in [3.8, 4) is 5.75 Å². The smallest absolute Gasteiger partial charge is 0.437 e. The molecule has 0 aliphatic carbocycles. The molecule has 0 atom stereocenters. The summed E-state index contributed by atoms with van der Waals surface area (Å²) in [5.41, 5.74) is -4.00. The van der Waals surface area contributed by atoms with E-state index in [0.29, 0.717) is 12.4 Å². The molecule has 0 bridgehead atoms. The lowest BCUT2D eigenvalue weighted by Gasteiger charge is -2.12. The van der Waals surface area contributed by atoms with E-state index >= 15 is 0 Å². The molecule has 3 aromatic heterocycles. The van der Waals surface area contributed by atoms with Gasteiger partial charge in [-0.15, -0.1) is 0 Å². The molecule has 0 unspecified atom stereocenters. The fourth-order valence-corrected chi connectivity index (χ4v) is 2.96. The van der Waals surface area contributed by atoms with Gasteiger partial charge in [-0.3, -0.25) is 9.20 Å². The number of halogens is 7. The highest BCUT2D eigenvalue weighted by molar-refractivity contribution is 9.10. The summed E-state index contributed by atoms with van der Waals surface area (Å²) in [5.74, 6) is -2.56. The average molecular weight is 483 g/mol. The molecule has 0 amide bonds. The molecule has 0 saturated heterocycles. The van der Waals surface area contributed by atoms with Crippen LogP contribution in [-0.2, 0) is 18.8 Å². The highest BCUT2D eigenvalue weighted by atomic mass is 79.9. The Morgan fingerprint density at radius 2 is 1.83 bits per heavy atom. The first-order valence-electron chi connectivity index (χ1n) is 7.80. The third kappa shape index (κ3) is 3.78. The number of carbonyl (C=O) groups excluding carboxylic acids is 1. The number of nitrogens with zero attached hydrogens (tertiary/aromatic N) is 4. The second kappa shape index (κ2) is 6.97. The lowest BCUT2D eigenvalue weighted by atomic mass is 10.1. The summed E-state index contributed by atoms with van der Waals surface area (Å²) >= 11 is 2.72. The molecule has 3 aromatic rings. The van der Waals surface area contributed by atoms with Crippen LogP contribution in [0.5, 0.6) is 5.75 Å². The van der Waals surface area contributed by atoms with Crippen LogP contribution >= 0.6 is 15.9 Å². The van der Waals surface area contributed by atoms with Crippen molar-refractivity contribution in [1.29, 1.82) is 0 Å². The zero-order valence-corrected chi connectivity index (χ0v) is 15.8. The van der Waals surface area contributed by atoms with E-state index in [2.05, 4.69) is 30.9 Å². The zero-order valence-electron chi connectivity index (χ0n) is 14.2. The van der Waals surface area contributed by atoms with E-state index < -0.39 is 51.0 Å². The molecule has 3 heterocycles. The van der Waals surface area contributed by atoms with Crippen molar-refractivity contribution >= 4 is 27.5 Å². The molecule has 0 aliphatic rings. The average Bonchev–Trinajstić information content (AvgIpc) is 2.99. The van der Waals surface area contributed by atoms with Crippen LogP contribution < -0.4 is 0 Å². The molecule has 29 heavy (non-hydrogen) atoms. The standard InChI is InChI=1S/C16H9BrF6N4O2/c1-2-8-10(27-5-6(15(18,19)20)4-24-14(27)26-8)12(29)9-3-7(17)11(28)13(25-9)16(21,22)23/h3-5,28H,2H2,1H3. The van der Waals surface area contributed by atoms with Gasteiger partial charge in [0, 0.05) is 12.4 Å². The molecule has 13 heteroatoms. The second-order valence-electron chi connectivity index (χ2n) is 5.78. The number of aryl methyl sites for hydroxylation is 1. The zero-order chi connectivity index (χ0) is 21.7. The van der Waals surface area contributed by atoms with Crippen LogP contribution in [0.1, 0.15) is 40.1 Å². The first kappa shape index (κ1) is 21.0. The van der Waals surface area contributed by atoms with Gasteiger partial charge in [0.05, 0.1) is 15.7 Å². The maximum absolute atomic E-state index is 13.1. The number of carbonyl (C=O) groups is 1. The molecule has 0 radical (unpaired) electrons. The first-order chi connectivity index (χ1) is 13.3.